The molecule has 664 valence electrons. The monoisotopic (exact) mass is 1730 g/mol. The number of amides is 10. The number of unbranched alkanes of at least 4 members (excludes halogenated alkanes) is 3. The number of hydrogen-bond acceptors (Lipinski definition) is 20. The number of aliphatic carboxylic acids is 1. The topological polar surface area (TPSA) is 436 Å². The van der Waals surface area contributed by atoms with E-state index in [9.17, 15) is 72.5 Å². The first kappa shape index (κ1) is 96.2. The average Bonchev–Trinajstić information content (AvgIpc) is 1.38. The van der Waals surface area contributed by atoms with Crippen molar-refractivity contribution in [3.8, 4) is 33.9 Å². The molecule has 10 amide bonds. The SMILES string of the molecule is CC(C)C[C@H]1CN(CC(=O)N[C@@H](CCCCCC(=S)Cc2ccc(-c3c4ccc(=O)cc-4oc4cc(O)ccc34)c(OC=O)c2)C(N)=O)C(=O)CCSCc2ccc(cc2)C(=O)N[C@@H](CCCCN)CN(C(=O)CC2CC2)CC(=O)N[C@@H](Cc2ccccc2)CN(C(=O)CCC2CCCCC2)CC(=O)N[C@@H](CCC(=O)O)CN(C(=O)CCCN)CC(=O)N1. The van der Waals surface area contributed by atoms with Crippen LogP contribution in [0.15, 0.2) is 118 Å². The van der Waals surface area contributed by atoms with Gasteiger partial charge in [0.25, 0.3) is 12.4 Å². The molecule has 5 atom stereocenters. The lowest BCUT2D eigenvalue weighted by Gasteiger charge is -2.32. The molecule has 13 N–H and O–H groups in total. The quantitative estimate of drug-likeness (QED) is 0.00592. The van der Waals surface area contributed by atoms with Crippen LogP contribution in [0.2, 0.25) is 0 Å². The van der Waals surface area contributed by atoms with Crippen molar-refractivity contribution in [2.45, 2.75) is 217 Å². The molecule has 0 radical (unpaired) electrons. The molecule has 2 bridgehead atoms. The van der Waals surface area contributed by atoms with E-state index in [0.29, 0.717) is 115 Å². The molecule has 123 heavy (non-hydrogen) atoms. The first-order valence-electron chi connectivity index (χ1n) is 43.4. The highest BCUT2D eigenvalue weighted by Crippen LogP contribution is 2.44. The van der Waals surface area contributed by atoms with Crippen LogP contribution in [0.4, 0.5) is 0 Å². The summed E-state index contributed by atoms with van der Waals surface area (Å²) in [4.78, 5) is 188. The third kappa shape index (κ3) is 32.5. The predicted molar refractivity (Wildman–Crippen MR) is 475 cm³/mol. The van der Waals surface area contributed by atoms with Crippen LogP contribution in [0.5, 0.6) is 11.5 Å². The summed E-state index contributed by atoms with van der Waals surface area (Å²) in [5, 5.41) is 36.0. The highest BCUT2D eigenvalue weighted by atomic mass is 32.2. The Hall–Kier alpha value is -10.6. The summed E-state index contributed by atoms with van der Waals surface area (Å²) in [6, 6.07) is 26.1. The van der Waals surface area contributed by atoms with E-state index < -0.39 is 109 Å². The van der Waals surface area contributed by atoms with E-state index in [4.69, 9.17) is 38.6 Å². The minimum absolute atomic E-state index is 0.00506. The first-order valence-corrected chi connectivity index (χ1v) is 44.9. The second-order valence-corrected chi connectivity index (χ2v) is 35.1. The molecular formula is C92H122N12O17S2. The number of primary amides is 1. The number of carbonyl (C=O) groups excluding carboxylic acids is 11. The van der Waals surface area contributed by atoms with Gasteiger partial charge in [0, 0.05) is 134 Å². The van der Waals surface area contributed by atoms with Gasteiger partial charge in [0.1, 0.15) is 28.9 Å². The van der Waals surface area contributed by atoms with Gasteiger partial charge in [0.2, 0.25) is 53.2 Å². The molecule has 0 saturated heterocycles. The zero-order chi connectivity index (χ0) is 88.3. The number of rotatable bonds is 34. The number of hydrogen-bond donors (Lipinski definition) is 10. The molecule has 29 nitrogen and oxygen atoms in total. The smallest absolute Gasteiger partial charge is 0.303 e. The molecule has 3 aliphatic heterocycles. The molecular weight excluding hydrogens is 1610 g/mol. The van der Waals surface area contributed by atoms with Gasteiger partial charge in [0.05, 0.1) is 32.2 Å². The third-order valence-corrected chi connectivity index (χ3v) is 24.0. The molecule has 6 aliphatic rings. The highest BCUT2D eigenvalue weighted by Gasteiger charge is 2.34. The molecule has 0 aromatic heterocycles. The maximum absolute atomic E-state index is 14.9. The minimum Gasteiger partial charge on any atom is -0.508 e. The van der Waals surface area contributed by atoms with Gasteiger partial charge in [-0.1, -0.05) is 132 Å². The normalized spacial score (nSPS) is 18.5. The van der Waals surface area contributed by atoms with Crippen LogP contribution in [0.1, 0.15) is 195 Å². The molecule has 4 aromatic carbocycles. The summed E-state index contributed by atoms with van der Waals surface area (Å²) in [6.07, 6.45) is 11.7. The summed E-state index contributed by atoms with van der Waals surface area (Å²) in [6.45, 7) is 1.82. The Morgan fingerprint density at radius 2 is 1.30 bits per heavy atom. The Bertz CT molecular complexity index is 4620. The number of carboxylic acid groups (broad SMARTS) is 1. The van der Waals surface area contributed by atoms with Gasteiger partial charge in [-0.2, -0.15) is 11.8 Å². The van der Waals surface area contributed by atoms with Gasteiger partial charge in [-0.3, -0.25) is 62.3 Å². The lowest BCUT2D eigenvalue weighted by atomic mass is 9.86. The van der Waals surface area contributed by atoms with Crippen molar-refractivity contribution in [2.75, 3.05) is 71.2 Å². The van der Waals surface area contributed by atoms with Crippen LogP contribution in [0.25, 0.3) is 33.4 Å². The van der Waals surface area contributed by atoms with E-state index in [1.54, 1.807) is 48.5 Å². The number of benzene rings is 5. The lowest BCUT2D eigenvalue weighted by Crippen LogP contribution is -2.55. The number of thiocarbonyl (C=S) groups is 1. The Labute approximate surface area is 728 Å². The van der Waals surface area contributed by atoms with Crippen molar-refractivity contribution in [1.29, 1.82) is 0 Å². The maximum Gasteiger partial charge on any atom is 0.303 e. The van der Waals surface area contributed by atoms with Crippen LogP contribution in [0, 0.1) is 17.8 Å². The zero-order valence-electron chi connectivity index (χ0n) is 70.8. The van der Waals surface area contributed by atoms with Gasteiger partial charge in [-0.25, -0.2) is 0 Å². The number of phenolic OH excluding ortho intramolecular Hbond substituents is 1. The van der Waals surface area contributed by atoms with E-state index in [2.05, 4.69) is 26.6 Å². The van der Waals surface area contributed by atoms with Gasteiger partial charge < -0.3 is 82.8 Å². The number of carbonyl (C=O) groups is 12. The fourth-order valence-corrected chi connectivity index (χ4v) is 17.3. The molecule has 0 spiro atoms. The van der Waals surface area contributed by atoms with Crippen LogP contribution < -0.4 is 54.0 Å². The lowest BCUT2D eigenvalue weighted by molar-refractivity contribution is -0.139. The van der Waals surface area contributed by atoms with Gasteiger partial charge in [0.15, 0.2) is 5.43 Å². The number of thioether (sulfide) groups is 1. The summed E-state index contributed by atoms with van der Waals surface area (Å²) in [5.41, 5.74) is 22.3. The molecule has 0 unspecified atom stereocenters. The zero-order valence-corrected chi connectivity index (χ0v) is 72.4. The van der Waals surface area contributed by atoms with Crippen molar-refractivity contribution in [3.63, 3.8) is 0 Å². The van der Waals surface area contributed by atoms with E-state index in [0.717, 1.165) is 61.6 Å². The second kappa shape index (κ2) is 49.6. The number of nitrogens with one attached hydrogen (secondary N) is 5. The Balaban J connectivity index is 0.943. The third-order valence-electron chi connectivity index (χ3n) is 22.6. The van der Waals surface area contributed by atoms with Crippen LogP contribution in [-0.4, -0.2) is 208 Å². The summed E-state index contributed by atoms with van der Waals surface area (Å²) >= 11 is 7.29. The molecule has 31 heteroatoms. The summed E-state index contributed by atoms with van der Waals surface area (Å²) in [5.74, 6) is -5.22. The number of nitrogens with zero attached hydrogens (tertiary/aromatic N) is 4. The number of nitrogens with two attached hydrogens (primary N) is 3. The molecule has 3 heterocycles. The van der Waals surface area contributed by atoms with Crippen LogP contribution >= 0.6 is 24.0 Å². The van der Waals surface area contributed by atoms with Crippen molar-refractivity contribution in [3.05, 3.63) is 142 Å². The van der Waals surface area contributed by atoms with E-state index in [-0.39, 0.29) is 155 Å². The van der Waals surface area contributed by atoms with E-state index in [1.807, 2.05) is 50.2 Å². The number of fused-ring (bicyclic) bond motifs is 31. The van der Waals surface area contributed by atoms with Gasteiger partial charge in [-0.05, 0) is 172 Å². The number of aromatic hydroxyl groups is 1. The fourth-order valence-electron chi connectivity index (χ4n) is 16.1. The standard InChI is InChI=1S/C92H122N12O17S2/c1-60(2)43-69-52-103(57-84(111)100-77(91(95)118)21-11-5-10-20-73(122)45-65-27-34-74(78(46-65)120-59-105)90-75-35-32-71(106)48-79(75)121-80-49-72(107)33-36-76(80)90)87(114)39-42-123-58-64-25-29-66(30-26-64)92(119)99-67(19-12-13-40-93)50-104(88(115)47-63-23-24-63)56-83(110)98-70(44-62-17-8-4-9-18-62)53-102(86(113)37-28-61-15-6-3-7-16-61)54-81(108)96-68(31-38-89(116)117)51-101(55-82(109)97-69)85(112)22-14-41-94/h4,8-9,17-18,25-27,29-30,32-36,46,48-49,59-61,63,67-70,77,106H,3,5-7,10-16,19-24,28,31,37-45,47,50-58,93-94H2,1-2H3,(H2,95,118)(H,96,108)(H,97,109)(H,98,110)(H,99,119)(H,100,111)(H,116,117)/t67-,68-,69-,70-,77-/m0/s1. The van der Waals surface area contributed by atoms with Crippen LogP contribution in [-0.2, 0) is 71.3 Å². The Kier molecular flexibility index (Phi) is 38.8. The van der Waals surface area contributed by atoms with Crippen molar-refractivity contribution in [1.82, 2.24) is 46.2 Å². The maximum atomic E-state index is 14.9. The van der Waals surface area contributed by atoms with E-state index in [1.165, 1.54) is 55.6 Å². The average molecular weight is 1730 g/mol. The molecule has 2 saturated carbocycles. The second-order valence-electron chi connectivity index (χ2n) is 33.4. The van der Waals surface area contributed by atoms with E-state index >= 15 is 0 Å². The summed E-state index contributed by atoms with van der Waals surface area (Å²) < 4.78 is 11.6. The van der Waals surface area contributed by atoms with Crippen molar-refractivity contribution >= 4 is 111 Å². The van der Waals surface area contributed by atoms with Crippen LogP contribution in [0.3, 0.4) is 0 Å². The number of carboxylic acids is 1. The number of ether oxygens (including phenoxy) is 1. The molecule has 4 aromatic rings. The van der Waals surface area contributed by atoms with Crippen molar-refractivity contribution in [2.24, 2.45) is 35.0 Å². The highest BCUT2D eigenvalue weighted by molar-refractivity contribution is 7.98. The van der Waals surface area contributed by atoms with Crippen molar-refractivity contribution < 1.29 is 76.9 Å². The molecule has 2 fully saturated rings. The molecule has 3 aliphatic carbocycles. The first-order chi connectivity index (χ1) is 59.2. The Morgan fingerprint density at radius 3 is 1.97 bits per heavy atom. The minimum atomic E-state index is -1.21. The summed E-state index contributed by atoms with van der Waals surface area (Å²) in [7, 11) is 0. The molecule has 10 rings (SSSR count). The fraction of sp³-hybridized carbons (Fsp3) is 0.522. The number of phenols is 1. The largest absolute Gasteiger partial charge is 0.508 e. The van der Waals surface area contributed by atoms with Gasteiger partial charge >= 0.3 is 5.97 Å². The van der Waals surface area contributed by atoms with Gasteiger partial charge in [-0.15, -0.1) is 0 Å². The Morgan fingerprint density at radius 1 is 0.642 bits per heavy atom. The predicted octanol–water partition coefficient (Wildman–Crippen LogP) is 9.03.